The molecule has 1 N–H and O–H groups in total. The van der Waals surface area contributed by atoms with Crippen molar-refractivity contribution in [3.05, 3.63) is 29.3 Å². The zero-order valence-corrected chi connectivity index (χ0v) is 26.1. The van der Waals surface area contributed by atoms with Gasteiger partial charge in [0.2, 0.25) is 5.79 Å². The van der Waals surface area contributed by atoms with Crippen LogP contribution in [0.5, 0.6) is 0 Å². The van der Waals surface area contributed by atoms with E-state index in [1.807, 2.05) is 13.8 Å². The van der Waals surface area contributed by atoms with E-state index < -0.39 is 36.0 Å². The average molecular weight is 595 g/mol. The van der Waals surface area contributed by atoms with Crippen molar-refractivity contribution in [3.63, 3.8) is 0 Å². The summed E-state index contributed by atoms with van der Waals surface area (Å²) in [5.41, 5.74) is 0.601. The number of benzene rings is 1. The molecule has 1 aromatic carbocycles. The maximum atomic E-state index is 13.0. The Hall–Kier alpha value is -1.42. The fraction of sp³-hybridized carbons (Fsp3) is 0.781. The molecular weight excluding hydrogens is 544 g/mol. The molecule has 4 rings (SSSR count). The highest BCUT2D eigenvalue weighted by Crippen LogP contribution is 2.47. The van der Waals surface area contributed by atoms with E-state index in [-0.39, 0.29) is 6.61 Å². The number of hydrogen-bond donors (Lipinski definition) is 1. The highest BCUT2D eigenvalue weighted by Gasteiger charge is 2.66. The molecule has 1 amide bonds. The van der Waals surface area contributed by atoms with Crippen LogP contribution in [0.4, 0.5) is 10.5 Å². The minimum Gasteiger partial charge on any atom is -0.440 e. The molecule has 0 aliphatic carbocycles. The van der Waals surface area contributed by atoms with Crippen molar-refractivity contribution in [2.45, 2.75) is 128 Å². The fourth-order valence-corrected chi connectivity index (χ4v) is 6.30. The summed E-state index contributed by atoms with van der Waals surface area (Å²) in [7, 11) is 0. The molecule has 8 nitrogen and oxygen atoms in total. The van der Waals surface area contributed by atoms with Gasteiger partial charge < -0.3 is 28.6 Å². The normalized spacial score (nSPS) is 27.3. The van der Waals surface area contributed by atoms with Gasteiger partial charge in [-0.1, -0.05) is 76.3 Å². The van der Waals surface area contributed by atoms with Crippen molar-refractivity contribution < 1.29 is 28.5 Å². The first kappa shape index (κ1) is 32.5. The quantitative estimate of drug-likeness (QED) is 0.187. The van der Waals surface area contributed by atoms with Crippen LogP contribution in [0.1, 0.15) is 97.8 Å². The molecule has 3 aliphatic rings. The molecule has 3 fully saturated rings. The molecule has 9 heteroatoms. The molecule has 3 aliphatic heterocycles. The predicted molar refractivity (Wildman–Crippen MR) is 161 cm³/mol. The Morgan fingerprint density at radius 2 is 1.61 bits per heavy atom. The number of halogens is 1. The first-order valence-electron chi connectivity index (χ1n) is 15.9. The summed E-state index contributed by atoms with van der Waals surface area (Å²) in [4.78, 5) is 15.4. The number of unbranched alkanes of at least 4 members (excludes halogenated alkanes) is 9. The average Bonchev–Trinajstić information content (AvgIpc) is 3.60. The SMILES string of the molecule is CCCCCCCCCCCCOCC12OC(CN3CCCC3)C(OC(=O)Nc3ccc(Cl)cc3)C1OC(C)(C)O2. The van der Waals surface area contributed by atoms with Gasteiger partial charge in [-0.05, 0) is 70.5 Å². The summed E-state index contributed by atoms with van der Waals surface area (Å²) in [5, 5.41) is 3.40. The van der Waals surface area contributed by atoms with Crippen LogP contribution < -0.4 is 5.32 Å². The van der Waals surface area contributed by atoms with Gasteiger partial charge in [0, 0.05) is 23.9 Å². The number of nitrogens with one attached hydrogen (secondary N) is 1. The van der Waals surface area contributed by atoms with Gasteiger partial charge in [0.1, 0.15) is 12.7 Å². The highest BCUT2D eigenvalue weighted by molar-refractivity contribution is 6.30. The molecule has 3 heterocycles. The second-order valence-electron chi connectivity index (χ2n) is 12.3. The van der Waals surface area contributed by atoms with E-state index in [1.54, 1.807) is 24.3 Å². The van der Waals surface area contributed by atoms with E-state index in [9.17, 15) is 4.79 Å². The van der Waals surface area contributed by atoms with Gasteiger partial charge in [0.05, 0.1) is 0 Å². The topological polar surface area (TPSA) is 78.5 Å². The van der Waals surface area contributed by atoms with Crippen molar-refractivity contribution in [2.75, 3.05) is 38.2 Å². The monoisotopic (exact) mass is 594 g/mol. The Morgan fingerprint density at radius 3 is 2.27 bits per heavy atom. The summed E-state index contributed by atoms with van der Waals surface area (Å²) in [6, 6.07) is 6.92. The van der Waals surface area contributed by atoms with Crippen molar-refractivity contribution in [2.24, 2.45) is 0 Å². The number of carbonyl (C=O) groups excluding carboxylic acids is 1. The first-order chi connectivity index (χ1) is 19.8. The van der Waals surface area contributed by atoms with Crippen LogP contribution >= 0.6 is 11.6 Å². The van der Waals surface area contributed by atoms with Crippen LogP contribution in [0, 0.1) is 0 Å². The number of amides is 1. The largest absolute Gasteiger partial charge is 0.440 e. The van der Waals surface area contributed by atoms with Crippen LogP contribution in [0.15, 0.2) is 24.3 Å². The molecular formula is C32H51ClN2O6. The molecule has 0 aromatic heterocycles. The van der Waals surface area contributed by atoms with E-state index in [1.165, 1.54) is 51.4 Å². The number of carbonyl (C=O) groups is 1. The summed E-state index contributed by atoms with van der Waals surface area (Å²) in [5.74, 6) is -2.02. The zero-order valence-electron chi connectivity index (χ0n) is 25.3. The second kappa shape index (κ2) is 15.9. The molecule has 0 spiro atoms. The maximum Gasteiger partial charge on any atom is 0.412 e. The van der Waals surface area contributed by atoms with Gasteiger partial charge in [0.15, 0.2) is 18.0 Å². The summed E-state index contributed by atoms with van der Waals surface area (Å²) >= 11 is 5.99. The van der Waals surface area contributed by atoms with E-state index in [4.69, 9.17) is 35.3 Å². The third-order valence-electron chi connectivity index (χ3n) is 8.19. The van der Waals surface area contributed by atoms with E-state index in [0.717, 1.165) is 38.8 Å². The van der Waals surface area contributed by atoms with Crippen molar-refractivity contribution in [1.29, 1.82) is 0 Å². The lowest BCUT2D eigenvalue weighted by Gasteiger charge is -2.30. The summed E-state index contributed by atoms with van der Waals surface area (Å²) in [6.45, 7) is 9.49. The standard InChI is InChI=1S/C32H51ClN2O6/c1-4-5-6-7-8-9-10-11-12-15-22-37-24-32-29(40-31(2,3)41-32)28(27(39-32)23-35-20-13-14-21-35)38-30(36)34-26-18-16-25(33)17-19-26/h16-19,27-29H,4-15,20-24H2,1-3H3,(H,34,36). The Balaban J connectivity index is 1.30. The number of likely N-dealkylation sites (tertiary alicyclic amines) is 1. The molecule has 0 saturated carbocycles. The number of anilines is 1. The molecule has 41 heavy (non-hydrogen) atoms. The maximum absolute atomic E-state index is 13.0. The van der Waals surface area contributed by atoms with Gasteiger partial charge >= 0.3 is 6.09 Å². The van der Waals surface area contributed by atoms with Crippen LogP contribution in [0.25, 0.3) is 0 Å². The third-order valence-corrected chi connectivity index (χ3v) is 8.45. The number of fused-ring (bicyclic) bond motifs is 1. The van der Waals surface area contributed by atoms with E-state index >= 15 is 0 Å². The Bertz CT molecular complexity index is 925. The smallest absolute Gasteiger partial charge is 0.412 e. The molecule has 1 aromatic rings. The Morgan fingerprint density at radius 1 is 0.976 bits per heavy atom. The lowest BCUT2D eigenvalue weighted by Crippen LogP contribution is -2.46. The van der Waals surface area contributed by atoms with Gasteiger partial charge in [0.25, 0.3) is 0 Å². The van der Waals surface area contributed by atoms with Crippen molar-refractivity contribution in [3.8, 4) is 0 Å². The molecule has 0 radical (unpaired) electrons. The predicted octanol–water partition coefficient (Wildman–Crippen LogP) is 7.54. The number of rotatable bonds is 17. The van der Waals surface area contributed by atoms with Crippen LogP contribution in [-0.4, -0.2) is 73.7 Å². The Labute approximate surface area is 251 Å². The fourth-order valence-electron chi connectivity index (χ4n) is 6.17. The molecule has 0 bridgehead atoms. The lowest BCUT2D eigenvalue weighted by molar-refractivity contribution is -0.278. The number of nitrogens with zero attached hydrogens (tertiary/aromatic N) is 1. The zero-order chi connectivity index (χ0) is 29.1. The van der Waals surface area contributed by atoms with Crippen LogP contribution in [0.2, 0.25) is 5.02 Å². The van der Waals surface area contributed by atoms with Crippen LogP contribution in [0.3, 0.4) is 0 Å². The van der Waals surface area contributed by atoms with Gasteiger partial charge in [-0.25, -0.2) is 4.79 Å². The van der Waals surface area contributed by atoms with E-state index in [2.05, 4.69) is 17.1 Å². The van der Waals surface area contributed by atoms with E-state index in [0.29, 0.717) is 23.9 Å². The van der Waals surface area contributed by atoms with Gasteiger partial charge in [-0.3, -0.25) is 5.32 Å². The molecule has 232 valence electrons. The first-order valence-corrected chi connectivity index (χ1v) is 16.3. The molecule has 4 atom stereocenters. The lowest BCUT2D eigenvalue weighted by atomic mass is 10.0. The third kappa shape index (κ3) is 9.80. The van der Waals surface area contributed by atoms with Crippen LogP contribution in [-0.2, 0) is 23.7 Å². The van der Waals surface area contributed by atoms with Crippen molar-refractivity contribution in [1.82, 2.24) is 4.90 Å². The second-order valence-corrected chi connectivity index (χ2v) is 12.7. The Kier molecular flexibility index (Phi) is 12.6. The number of hydrogen-bond acceptors (Lipinski definition) is 7. The highest BCUT2D eigenvalue weighted by atomic mass is 35.5. The molecule has 3 saturated heterocycles. The summed E-state index contributed by atoms with van der Waals surface area (Å²) in [6.07, 6.45) is 12.9. The number of ether oxygens (including phenoxy) is 5. The van der Waals surface area contributed by atoms with Gasteiger partial charge in [-0.2, -0.15) is 0 Å². The minimum absolute atomic E-state index is 0.230. The van der Waals surface area contributed by atoms with Gasteiger partial charge in [-0.15, -0.1) is 0 Å². The summed E-state index contributed by atoms with van der Waals surface area (Å²) < 4.78 is 31.5. The van der Waals surface area contributed by atoms with Crippen molar-refractivity contribution >= 4 is 23.4 Å². The molecule has 4 unspecified atom stereocenters. The minimum atomic E-state index is -1.13.